The standard InChI is InChI=1S/C14H18FN3O/c1-9-14(18(2)13(17-9)6-7-16)10-4-5-12(19-3)11(15)8-10/h4-5,8H,6-7,16H2,1-3H3. The lowest BCUT2D eigenvalue weighted by molar-refractivity contribution is 0.386. The van der Waals surface area contributed by atoms with Crippen LogP contribution >= 0.6 is 0 Å². The lowest BCUT2D eigenvalue weighted by Gasteiger charge is -2.08. The first-order valence-electron chi connectivity index (χ1n) is 6.14. The first-order chi connectivity index (χ1) is 9.08. The number of halogens is 1. The summed E-state index contributed by atoms with van der Waals surface area (Å²) in [5, 5.41) is 0. The minimum Gasteiger partial charge on any atom is -0.494 e. The Kier molecular flexibility index (Phi) is 3.85. The van der Waals surface area contributed by atoms with Gasteiger partial charge in [-0.1, -0.05) is 0 Å². The molecule has 0 unspecified atom stereocenters. The fourth-order valence-corrected chi connectivity index (χ4v) is 2.26. The molecule has 19 heavy (non-hydrogen) atoms. The Bertz CT molecular complexity index is 593. The SMILES string of the molecule is COc1ccc(-c2c(C)nc(CCN)n2C)cc1F. The molecule has 4 nitrogen and oxygen atoms in total. The number of hydrogen-bond acceptors (Lipinski definition) is 3. The van der Waals surface area contributed by atoms with E-state index in [1.54, 1.807) is 6.07 Å². The van der Waals surface area contributed by atoms with Crippen LogP contribution in [-0.4, -0.2) is 23.2 Å². The molecule has 5 heteroatoms. The summed E-state index contributed by atoms with van der Waals surface area (Å²) in [6.07, 6.45) is 0.704. The predicted molar refractivity (Wildman–Crippen MR) is 72.6 cm³/mol. The van der Waals surface area contributed by atoms with E-state index in [-0.39, 0.29) is 11.6 Å². The van der Waals surface area contributed by atoms with E-state index in [0.717, 1.165) is 22.8 Å². The fourth-order valence-electron chi connectivity index (χ4n) is 2.26. The number of nitrogens with two attached hydrogens (primary N) is 1. The quantitative estimate of drug-likeness (QED) is 0.918. The largest absolute Gasteiger partial charge is 0.494 e. The van der Waals surface area contributed by atoms with E-state index in [2.05, 4.69) is 4.98 Å². The van der Waals surface area contributed by atoms with Crippen molar-refractivity contribution in [3.05, 3.63) is 35.5 Å². The minimum absolute atomic E-state index is 0.241. The number of nitrogens with zero attached hydrogens (tertiary/aromatic N) is 2. The number of ether oxygens (including phenoxy) is 1. The van der Waals surface area contributed by atoms with Gasteiger partial charge in [-0.25, -0.2) is 9.37 Å². The first kappa shape index (κ1) is 13.5. The molecular weight excluding hydrogens is 245 g/mol. The summed E-state index contributed by atoms with van der Waals surface area (Å²) in [6, 6.07) is 4.92. The van der Waals surface area contributed by atoms with Crippen LogP contribution in [0.15, 0.2) is 18.2 Å². The monoisotopic (exact) mass is 263 g/mol. The Morgan fingerprint density at radius 1 is 1.42 bits per heavy atom. The van der Waals surface area contributed by atoms with Gasteiger partial charge >= 0.3 is 0 Å². The van der Waals surface area contributed by atoms with E-state index < -0.39 is 0 Å². The van der Waals surface area contributed by atoms with Crippen molar-refractivity contribution in [2.45, 2.75) is 13.3 Å². The van der Waals surface area contributed by atoms with Crippen molar-refractivity contribution in [3.63, 3.8) is 0 Å². The maximum Gasteiger partial charge on any atom is 0.165 e. The van der Waals surface area contributed by atoms with Crippen LogP contribution in [0.3, 0.4) is 0 Å². The molecule has 0 saturated carbocycles. The molecule has 0 spiro atoms. The van der Waals surface area contributed by atoms with Crippen molar-refractivity contribution in [1.29, 1.82) is 0 Å². The Morgan fingerprint density at radius 2 is 2.16 bits per heavy atom. The Morgan fingerprint density at radius 3 is 2.74 bits per heavy atom. The van der Waals surface area contributed by atoms with Crippen LogP contribution in [0.2, 0.25) is 0 Å². The Balaban J connectivity index is 2.49. The molecular formula is C14H18FN3O. The number of benzene rings is 1. The molecule has 0 fully saturated rings. The van der Waals surface area contributed by atoms with Gasteiger partial charge in [0.1, 0.15) is 5.82 Å². The minimum atomic E-state index is -0.374. The van der Waals surface area contributed by atoms with Crippen LogP contribution in [-0.2, 0) is 13.5 Å². The number of rotatable bonds is 4. The van der Waals surface area contributed by atoms with Crippen molar-refractivity contribution >= 4 is 0 Å². The zero-order chi connectivity index (χ0) is 14.0. The summed E-state index contributed by atoms with van der Waals surface area (Å²) < 4.78 is 20.7. The van der Waals surface area contributed by atoms with E-state index in [4.69, 9.17) is 10.5 Å². The highest BCUT2D eigenvalue weighted by atomic mass is 19.1. The van der Waals surface area contributed by atoms with Gasteiger partial charge in [0.15, 0.2) is 11.6 Å². The van der Waals surface area contributed by atoms with E-state index in [1.807, 2.05) is 24.6 Å². The maximum atomic E-state index is 13.8. The summed E-state index contributed by atoms with van der Waals surface area (Å²) in [5.41, 5.74) is 8.12. The zero-order valence-corrected chi connectivity index (χ0v) is 11.4. The zero-order valence-electron chi connectivity index (χ0n) is 11.4. The highest BCUT2D eigenvalue weighted by Gasteiger charge is 2.14. The molecule has 102 valence electrons. The number of methoxy groups -OCH3 is 1. The van der Waals surface area contributed by atoms with Crippen LogP contribution in [0.5, 0.6) is 5.75 Å². The molecule has 0 amide bonds. The maximum absolute atomic E-state index is 13.8. The molecule has 0 atom stereocenters. The van der Waals surface area contributed by atoms with Crippen LogP contribution < -0.4 is 10.5 Å². The van der Waals surface area contributed by atoms with Gasteiger partial charge < -0.3 is 15.0 Å². The Labute approximate surface area is 112 Å². The molecule has 1 heterocycles. The van der Waals surface area contributed by atoms with E-state index in [9.17, 15) is 4.39 Å². The van der Waals surface area contributed by atoms with Gasteiger partial charge in [-0.2, -0.15) is 0 Å². The van der Waals surface area contributed by atoms with Crippen molar-refractivity contribution in [2.24, 2.45) is 12.8 Å². The van der Waals surface area contributed by atoms with E-state index in [1.165, 1.54) is 13.2 Å². The third-order valence-electron chi connectivity index (χ3n) is 3.16. The van der Waals surface area contributed by atoms with Gasteiger partial charge in [0.2, 0.25) is 0 Å². The fraction of sp³-hybridized carbons (Fsp3) is 0.357. The number of aryl methyl sites for hydroxylation is 1. The van der Waals surface area contributed by atoms with Gasteiger partial charge in [-0.3, -0.25) is 0 Å². The number of hydrogen-bond donors (Lipinski definition) is 1. The molecule has 0 aliphatic carbocycles. The second-order valence-electron chi connectivity index (χ2n) is 4.41. The average Bonchev–Trinajstić information content (AvgIpc) is 2.65. The van der Waals surface area contributed by atoms with Crippen LogP contribution in [0, 0.1) is 12.7 Å². The molecule has 0 aliphatic heterocycles. The second kappa shape index (κ2) is 5.40. The average molecular weight is 263 g/mol. The number of imidazole rings is 1. The smallest absolute Gasteiger partial charge is 0.165 e. The molecule has 2 N–H and O–H groups in total. The van der Waals surface area contributed by atoms with E-state index in [0.29, 0.717) is 13.0 Å². The van der Waals surface area contributed by atoms with Gasteiger partial charge in [0.25, 0.3) is 0 Å². The lowest BCUT2D eigenvalue weighted by atomic mass is 10.1. The van der Waals surface area contributed by atoms with Crippen molar-refractivity contribution in [2.75, 3.05) is 13.7 Å². The van der Waals surface area contributed by atoms with Crippen LogP contribution in [0.1, 0.15) is 11.5 Å². The molecule has 0 aliphatic rings. The van der Waals surface area contributed by atoms with Gasteiger partial charge in [-0.15, -0.1) is 0 Å². The summed E-state index contributed by atoms with van der Waals surface area (Å²) >= 11 is 0. The molecule has 0 bridgehead atoms. The van der Waals surface area contributed by atoms with Crippen molar-refractivity contribution in [3.8, 4) is 17.0 Å². The molecule has 0 saturated heterocycles. The third kappa shape index (κ3) is 2.46. The molecule has 2 aromatic rings. The predicted octanol–water partition coefficient (Wildman–Crippen LogP) is 2.04. The van der Waals surface area contributed by atoms with Gasteiger partial charge in [0, 0.05) is 19.0 Å². The summed E-state index contributed by atoms with van der Waals surface area (Å²) in [7, 11) is 3.37. The van der Waals surface area contributed by atoms with Crippen molar-refractivity contribution in [1.82, 2.24) is 9.55 Å². The first-order valence-corrected chi connectivity index (χ1v) is 6.14. The van der Waals surface area contributed by atoms with Crippen LogP contribution in [0.4, 0.5) is 4.39 Å². The van der Waals surface area contributed by atoms with Gasteiger partial charge in [0.05, 0.1) is 18.5 Å². The summed E-state index contributed by atoms with van der Waals surface area (Å²) in [4.78, 5) is 4.48. The third-order valence-corrected chi connectivity index (χ3v) is 3.16. The summed E-state index contributed by atoms with van der Waals surface area (Å²) in [5.74, 6) is 0.776. The summed E-state index contributed by atoms with van der Waals surface area (Å²) in [6.45, 7) is 2.46. The van der Waals surface area contributed by atoms with Crippen LogP contribution in [0.25, 0.3) is 11.3 Å². The van der Waals surface area contributed by atoms with Crippen molar-refractivity contribution < 1.29 is 9.13 Å². The van der Waals surface area contributed by atoms with E-state index >= 15 is 0 Å². The normalized spacial score (nSPS) is 10.8. The molecule has 1 aromatic heterocycles. The molecule has 1 aromatic carbocycles. The molecule has 0 radical (unpaired) electrons. The highest BCUT2D eigenvalue weighted by molar-refractivity contribution is 5.64. The number of aromatic nitrogens is 2. The van der Waals surface area contributed by atoms with Gasteiger partial charge in [-0.05, 0) is 31.7 Å². The molecule has 2 rings (SSSR count). The second-order valence-corrected chi connectivity index (χ2v) is 4.41. The topological polar surface area (TPSA) is 53.1 Å². The lowest BCUT2D eigenvalue weighted by Crippen LogP contribution is -2.08. The Hall–Kier alpha value is -1.88. The highest BCUT2D eigenvalue weighted by Crippen LogP contribution is 2.28.